The quantitative estimate of drug-likeness (QED) is 0.612. The van der Waals surface area contributed by atoms with Gasteiger partial charge < -0.3 is 5.32 Å². The fourth-order valence-electron chi connectivity index (χ4n) is 4.67. The number of hydrogen-bond acceptors (Lipinski definition) is 5. The van der Waals surface area contributed by atoms with Gasteiger partial charge in [0.2, 0.25) is 0 Å². The molecule has 31 heavy (non-hydrogen) atoms. The summed E-state index contributed by atoms with van der Waals surface area (Å²) in [5.41, 5.74) is 7.59. The number of nitrogens with one attached hydrogen (secondary N) is 3. The highest BCUT2D eigenvalue weighted by Gasteiger charge is 2.28. The lowest BCUT2D eigenvalue weighted by atomic mass is 9.84. The van der Waals surface area contributed by atoms with Crippen molar-refractivity contribution in [1.82, 2.24) is 16.2 Å². The second-order valence-corrected chi connectivity index (χ2v) is 10.7. The summed E-state index contributed by atoms with van der Waals surface area (Å²) in [7, 11) is -3.45. The van der Waals surface area contributed by atoms with Crippen LogP contribution < -0.4 is 16.2 Å². The zero-order valence-electron chi connectivity index (χ0n) is 17.7. The van der Waals surface area contributed by atoms with E-state index in [0.717, 1.165) is 18.8 Å². The third kappa shape index (κ3) is 5.93. The normalized spacial score (nSPS) is 22.3. The predicted octanol–water partition coefficient (Wildman–Crippen LogP) is 3.55. The van der Waals surface area contributed by atoms with Crippen molar-refractivity contribution < 1.29 is 13.2 Å². The van der Waals surface area contributed by atoms with Crippen LogP contribution in [0.15, 0.2) is 59.5 Å². The number of sulfone groups is 1. The number of amides is 1. The van der Waals surface area contributed by atoms with Crippen molar-refractivity contribution in [2.45, 2.75) is 67.8 Å². The fourth-order valence-corrected chi connectivity index (χ4v) is 6.03. The summed E-state index contributed by atoms with van der Waals surface area (Å²) in [6.45, 7) is 0. The Balaban J connectivity index is 1.33. The van der Waals surface area contributed by atoms with Gasteiger partial charge in [0.05, 0.1) is 16.8 Å². The lowest BCUT2D eigenvalue weighted by Crippen LogP contribution is -2.44. The zero-order chi connectivity index (χ0) is 21.7. The monoisotopic (exact) mass is 441 g/mol. The molecule has 6 nitrogen and oxygen atoms in total. The first-order chi connectivity index (χ1) is 15.0. The Morgan fingerprint density at radius 3 is 2.52 bits per heavy atom. The van der Waals surface area contributed by atoms with Crippen molar-refractivity contribution in [3.8, 4) is 0 Å². The van der Waals surface area contributed by atoms with Crippen LogP contribution in [0.25, 0.3) is 0 Å². The van der Waals surface area contributed by atoms with E-state index in [4.69, 9.17) is 0 Å². The molecular weight excluding hydrogens is 410 g/mol. The molecule has 0 radical (unpaired) electrons. The maximum Gasteiger partial charge on any atom is 0.252 e. The van der Waals surface area contributed by atoms with E-state index in [0.29, 0.717) is 17.2 Å². The molecule has 2 aliphatic rings. The Morgan fingerprint density at radius 1 is 0.968 bits per heavy atom. The van der Waals surface area contributed by atoms with Crippen LogP contribution in [0.2, 0.25) is 0 Å². The molecule has 166 valence electrons. The molecule has 0 spiro atoms. The summed E-state index contributed by atoms with van der Waals surface area (Å²) in [4.78, 5) is 13.0. The molecule has 1 saturated heterocycles. The maximum absolute atomic E-state index is 12.8. The smallest absolute Gasteiger partial charge is 0.252 e. The topological polar surface area (TPSA) is 87.3 Å². The highest BCUT2D eigenvalue weighted by Crippen LogP contribution is 2.28. The number of benzene rings is 2. The minimum atomic E-state index is -3.45. The lowest BCUT2D eigenvalue weighted by Gasteiger charge is -2.24. The van der Waals surface area contributed by atoms with Crippen LogP contribution in [0, 0.1) is 5.92 Å². The average molecular weight is 442 g/mol. The molecule has 4 rings (SSSR count). The second kappa shape index (κ2) is 9.94. The molecular formula is C24H31N3O3S. The predicted molar refractivity (Wildman–Crippen MR) is 121 cm³/mol. The average Bonchev–Trinajstić information content (AvgIpc) is 3.21. The van der Waals surface area contributed by atoms with E-state index in [2.05, 4.69) is 16.2 Å². The molecule has 2 aromatic carbocycles. The number of hydrogen-bond donors (Lipinski definition) is 3. The summed E-state index contributed by atoms with van der Waals surface area (Å²) in [6.07, 6.45) is 8.52. The molecule has 0 aromatic heterocycles. The van der Waals surface area contributed by atoms with Gasteiger partial charge in [-0.05, 0) is 48.6 Å². The van der Waals surface area contributed by atoms with E-state index in [1.807, 2.05) is 0 Å². The first-order valence-corrected chi connectivity index (χ1v) is 12.8. The van der Waals surface area contributed by atoms with E-state index in [-0.39, 0.29) is 22.7 Å². The molecule has 1 heterocycles. The molecule has 3 N–H and O–H groups in total. The molecule has 1 aliphatic carbocycles. The van der Waals surface area contributed by atoms with Crippen LogP contribution in [0.1, 0.15) is 60.9 Å². The van der Waals surface area contributed by atoms with Crippen LogP contribution in [-0.4, -0.2) is 26.5 Å². The molecule has 2 fully saturated rings. The molecule has 1 amide bonds. The van der Waals surface area contributed by atoms with Gasteiger partial charge in [-0.2, -0.15) is 0 Å². The van der Waals surface area contributed by atoms with Gasteiger partial charge in [0.15, 0.2) is 9.84 Å². The maximum atomic E-state index is 12.8. The van der Waals surface area contributed by atoms with Gasteiger partial charge in [-0.3, -0.25) is 10.2 Å². The number of hydrazine groups is 1. The molecule has 0 bridgehead atoms. The van der Waals surface area contributed by atoms with Crippen molar-refractivity contribution in [3.63, 3.8) is 0 Å². The van der Waals surface area contributed by atoms with Crippen molar-refractivity contribution in [3.05, 3.63) is 65.7 Å². The van der Waals surface area contributed by atoms with E-state index in [9.17, 15) is 13.2 Å². The van der Waals surface area contributed by atoms with Gasteiger partial charge in [-0.1, -0.05) is 62.4 Å². The Morgan fingerprint density at radius 2 is 1.74 bits per heavy atom. The SMILES string of the molecule is O=C(NC1CC(CC2CCCCC2)NN1)c1cccc(CS(=O)(=O)c2ccccc2)c1. The first kappa shape index (κ1) is 22.0. The Bertz CT molecular complexity index is 988. The minimum absolute atomic E-state index is 0.127. The van der Waals surface area contributed by atoms with Gasteiger partial charge in [0, 0.05) is 11.6 Å². The largest absolute Gasteiger partial charge is 0.335 e. The van der Waals surface area contributed by atoms with Crippen LogP contribution in [-0.2, 0) is 15.6 Å². The van der Waals surface area contributed by atoms with Gasteiger partial charge in [-0.15, -0.1) is 0 Å². The van der Waals surface area contributed by atoms with E-state index in [1.165, 1.54) is 32.1 Å². The first-order valence-electron chi connectivity index (χ1n) is 11.2. The molecule has 2 unspecified atom stereocenters. The van der Waals surface area contributed by atoms with Crippen LogP contribution in [0.5, 0.6) is 0 Å². The second-order valence-electron chi connectivity index (χ2n) is 8.76. The third-order valence-corrected chi connectivity index (χ3v) is 7.98. The van der Waals surface area contributed by atoms with E-state index < -0.39 is 9.84 Å². The Hall–Kier alpha value is -2.22. The molecule has 2 aromatic rings. The highest BCUT2D eigenvalue weighted by molar-refractivity contribution is 7.90. The van der Waals surface area contributed by atoms with Crippen molar-refractivity contribution >= 4 is 15.7 Å². The number of carbonyl (C=O) groups excluding carboxylic acids is 1. The molecule has 2 atom stereocenters. The molecule has 1 aliphatic heterocycles. The summed E-state index contributed by atoms with van der Waals surface area (Å²) in [6, 6.07) is 15.6. The van der Waals surface area contributed by atoms with Crippen LogP contribution in [0.4, 0.5) is 0 Å². The Labute approximate surface area is 184 Å². The molecule has 7 heteroatoms. The van der Waals surface area contributed by atoms with E-state index in [1.54, 1.807) is 54.6 Å². The standard InChI is InChI=1S/C24H31N3O3S/c28-24(25-23-16-21(26-27-23)15-18-8-3-1-4-9-18)20-11-7-10-19(14-20)17-31(29,30)22-12-5-2-6-13-22/h2,5-7,10-14,18,21,23,26-27H,1,3-4,8-9,15-17H2,(H,25,28). The summed E-state index contributed by atoms with van der Waals surface area (Å²) >= 11 is 0. The van der Waals surface area contributed by atoms with Crippen LogP contribution >= 0.6 is 0 Å². The van der Waals surface area contributed by atoms with Crippen molar-refractivity contribution in [2.24, 2.45) is 5.92 Å². The van der Waals surface area contributed by atoms with Crippen molar-refractivity contribution in [2.75, 3.05) is 0 Å². The Kier molecular flexibility index (Phi) is 7.05. The summed E-state index contributed by atoms with van der Waals surface area (Å²) < 4.78 is 25.3. The van der Waals surface area contributed by atoms with Gasteiger partial charge in [0.25, 0.3) is 5.91 Å². The number of rotatable bonds is 7. The molecule has 1 saturated carbocycles. The zero-order valence-corrected chi connectivity index (χ0v) is 18.5. The van der Waals surface area contributed by atoms with E-state index >= 15 is 0 Å². The summed E-state index contributed by atoms with van der Waals surface area (Å²) in [5.74, 6) is 0.451. The highest BCUT2D eigenvalue weighted by atomic mass is 32.2. The fraction of sp³-hybridized carbons (Fsp3) is 0.458. The number of carbonyl (C=O) groups is 1. The summed E-state index contributed by atoms with van der Waals surface area (Å²) in [5, 5.41) is 3.02. The third-order valence-electron chi connectivity index (χ3n) is 6.28. The van der Waals surface area contributed by atoms with Crippen LogP contribution in [0.3, 0.4) is 0 Å². The van der Waals surface area contributed by atoms with Gasteiger partial charge in [-0.25, -0.2) is 13.8 Å². The van der Waals surface area contributed by atoms with Gasteiger partial charge in [0.1, 0.15) is 0 Å². The van der Waals surface area contributed by atoms with Crippen molar-refractivity contribution in [1.29, 1.82) is 0 Å². The lowest BCUT2D eigenvalue weighted by molar-refractivity contribution is 0.0932. The minimum Gasteiger partial charge on any atom is -0.335 e. The van der Waals surface area contributed by atoms with Gasteiger partial charge >= 0.3 is 0 Å².